The third-order valence-corrected chi connectivity index (χ3v) is 5.69. The van der Waals surface area contributed by atoms with Crippen LogP contribution in [0.3, 0.4) is 0 Å². The normalized spacial score (nSPS) is 11.3. The van der Waals surface area contributed by atoms with E-state index in [1.165, 1.54) is 24.3 Å². The average molecular weight is 411 g/mol. The van der Waals surface area contributed by atoms with Crippen LogP contribution >= 0.6 is 22.9 Å². The van der Waals surface area contributed by atoms with E-state index in [0.717, 1.165) is 23.7 Å². The first-order valence-corrected chi connectivity index (χ1v) is 10.4. The Morgan fingerprint density at radius 1 is 1.19 bits per heavy atom. The van der Waals surface area contributed by atoms with Crippen LogP contribution in [-0.2, 0) is 9.84 Å². The van der Waals surface area contributed by atoms with Gasteiger partial charge < -0.3 is 0 Å². The number of aromatic nitrogens is 1. The molecule has 0 aliphatic rings. The number of carbonyl (C=O) groups excluding carboxylic acids is 1. The summed E-state index contributed by atoms with van der Waals surface area (Å²) in [6.07, 6.45) is 1.13. The molecule has 9 heteroatoms. The lowest BCUT2D eigenvalue weighted by atomic mass is 10.2. The smallest absolute Gasteiger partial charge is 0.261 e. The van der Waals surface area contributed by atoms with Crippen LogP contribution in [0, 0.1) is 5.82 Å². The maximum Gasteiger partial charge on any atom is 0.261 e. The zero-order valence-corrected chi connectivity index (χ0v) is 15.8. The van der Waals surface area contributed by atoms with Gasteiger partial charge in [0.05, 0.1) is 21.2 Å². The van der Waals surface area contributed by atoms with E-state index in [9.17, 15) is 17.6 Å². The lowest BCUT2D eigenvalue weighted by molar-refractivity contribution is 0.102. The Balaban J connectivity index is 1.81. The van der Waals surface area contributed by atoms with Gasteiger partial charge in [0.2, 0.25) is 0 Å². The predicted octanol–water partition coefficient (Wildman–Crippen LogP) is 4.26. The molecule has 1 aromatic heterocycles. The van der Waals surface area contributed by atoms with Crippen molar-refractivity contribution in [2.24, 2.45) is 0 Å². The molecule has 3 rings (SSSR count). The number of rotatable bonds is 4. The highest BCUT2D eigenvalue weighted by Gasteiger charge is 2.17. The Labute approximate surface area is 158 Å². The third-order valence-electron chi connectivity index (χ3n) is 3.49. The molecule has 0 spiro atoms. The number of sulfone groups is 1. The maximum atomic E-state index is 13.8. The van der Waals surface area contributed by atoms with E-state index < -0.39 is 21.6 Å². The van der Waals surface area contributed by atoms with Crippen LogP contribution in [-0.4, -0.2) is 25.6 Å². The first-order chi connectivity index (χ1) is 12.3. The number of thiazole rings is 1. The minimum Gasteiger partial charge on any atom is -0.298 e. The molecule has 0 atom stereocenters. The lowest BCUT2D eigenvalue weighted by Gasteiger charge is -2.05. The third kappa shape index (κ3) is 3.92. The van der Waals surface area contributed by atoms with E-state index in [4.69, 9.17) is 11.6 Å². The van der Waals surface area contributed by atoms with Gasteiger partial charge in [0, 0.05) is 17.2 Å². The van der Waals surface area contributed by atoms with Gasteiger partial charge in [-0.3, -0.25) is 10.1 Å². The second-order valence-electron chi connectivity index (χ2n) is 5.39. The van der Waals surface area contributed by atoms with Crippen molar-refractivity contribution in [2.45, 2.75) is 4.90 Å². The lowest BCUT2D eigenvalue weighted by Crippen LogP contribution is -2.14. The fourth-order valence-corrected chi connectivity index (χ4v) is 3.81. The van der Waals surface area contributed by atoms with Crippen LogP contribution in [0.1, 0.15) is 10.4 Å². The first kappa shape index (κ1) is 18.5. The highest BCUT2D eigenvalue weighted by Crippen LogP contribution is 2.27. The van der Waals surface area contributed by atoms with Crippen LogP contribution in [0.4, 0.5) is 9.52 Å². The molecule has 0 saturated carbocycles. The molecule has 0 bridgehead atoms. The van der Waals surface area contributed by atoms with Gasteiger partial charge in [0.1, 0.15) is 5.82 Å². The van der Waals surface area contributed by atoms with Gasteiger partial charge >= 0.3 is 0 Å². The Hall–Kier alpha value is -2.29. The largest absolute Gasteiger partial charge is 0.298 e. The number of anilines is 1. The average Bonchev–Trinajstić information content (AvgIpc) is 3.02. The monoisotopic (exact) mass is 410 g/mol. The predicted molar refractivity (Wildman–Crippen MR) is 100 cm³/mol. The van der Waals surface area contributed by atoms with Crippen molar-refractivity contribution in [3.05, 3.63) is 64.2 Å². The summed E-state index contributed by atoms with van der Waals surface area (Å²) in [5.41, 5.74) is 1.01. The maximum absolute atomic E-state index is 13.8. The molecule has 0 fully saturated rings. The second-order valence-corrected chi connectivity index (χ2v) is 8.67. The zero-order chi connectivity index (χ0) is 18.9. The molecule has 0 radical (unpaired) electrons. The molecule has 5 nitrogen and oxygen atoms in total. The van der Waals surface area contributed by atoms with Gasteiger partial charge in [0.15, 0.2) is 15.0 Å². The highest BCUT2D eigenvalue weighted by molar-refractivity contribution is 7.90. The van der Waals surface area contributed by atoms with Gasteiger partial charge in [0.25, 0.3) is 5.91 Å². The Morgan fingerprint density at radius 2 is 1.88 bits per heavy atom. The van der Waals surface area contributed by atoms with Crippen molar-refractivity contribution in [3.63, 3.8) is 0 Å². The molecule has 1 N–H and O–H groups in total. The highest BCUT2D eigenvalue weighted by atomic mass is 35.5. The Kier molecular flexibility index (Phi) is 5.08. The number of benzene rings is 2. The molecule has 1 heterocycles. The summed E-state index contributed by atoms with van der Waals surface area (Å²) in [6, 6.07) is 10.2. The number of nitrogens with zero attached hydrogens (tertiary/aromatic N) is 1. The van der Waals surface area contributed by atoms with Crippen molar-refractivity contribution < 1.29 is 17.6 Å². The molecule has 3 aromatic rings. The van der Waals surface area contributed by atoms with Crippen LogP contribution in [0.5, 0.6) is 0 Å². The van der Waals surface area contributed by atoms with E-state index >= 15 is 0 Å². The van der Waals surface area contributed by atoms with E-state index in [2.05, 4.69) is 10.3 Å². The van der Waals surface area contributed by atoms with Gasteiger partial charge in [-0.2, -0.15) is 0 Å². The molecule has 0 aliphatic carbocycles. The van der Waals surface area contributed by atoms with E-state index in [1.807, 2.05) is 0 Å². The molecular weight excluding hydrogens is 399 g/mol. The van der Waals surface area contributed by atoms with Gasteiger partial charge in [-0.1, -0.05) is 29.8 Å². The molecule has 1 amide bonds. The van der Waals surface area contributed by atoms with E-state index in [0.29, 0.717) is 11.3 Å². The van der Waals surface area contributed by atoms with Crippen molar-refractivity contribution in [2.75, 3.05) is 11.6 Å². The molecule has 0 unspecified atom stereocenters. The van der Waals surface area contributed by atoms with Crippen LogP contribution in [0.2, 0.25) is 5.02 Å². The summed E-state index contributed by atoms with van der Waals surface area (Å²) < 4.78 is 36.8. The second kappa shape index (κ2) is 7.14. The number of hydrogen-bond donors (Lipinski definition) is 1. The van der Waals surface area contributed by atoms with Crippen molar-refractivity contribution in [1.82, 2.24) is 4.98 Å². The number of hydrogen-bond acceptors (Lipinski definition) is 5. The summed E-state index contributed by atoms with van der Waals surface area (Å²) in [4.78, 5) is 16.7. The minimum atomic E-state index is -3.27. The standard InChI is InChI=1S/C17H12ClFN2O3S2/c1-26(23,24)11-7-5-10(6-8-11)14-9-25-17(20-14)21-16(22)15-12(18)3-2-4-13(15)19/h2-9H,1H3,(H,20,21,22). The van der Waals surface area contributed by atoms with Gasteiger partial charge in [-0.15, -0.1) is 11.3 Å². The number of halogens is 2. The van der Waals surface area contributed by atoms with E-state index in [1.54, 1.807) is 17.5 Å². The Bertz CT molecular complexity index is 1060. The molecular formula is C17H12ClFN2O3S2. The molecule has 2 aromatic carbocycles. The van der Waals surface area contributed by atoms with Crippen LogP contribution in [0.15, 0.2) is 52.7 Å². The molecule has 134 valence electrons. The summed E-state index contributed by atoms with van der Waals surface area (Å²) in [7, 11) is -3.27. The summed E-state index contributed by atoms with van der Waals surface area (Å²) >= 11 is 7.04. The fourth-order valence-electron chi connectivity index (χ4n) is 2.21. The quantitative estimate of drug-likeness (QED) is 0.697. The van der Waals surface area contributed by atoms with Crippen molar-refractivity contribution in [3.8, 4) is 11.3 Å². The number of nitrogens with one attached hydrogen (secondary N) is 1. The van der Waals surface area contributed by atoms with Crippen molar-refractivity contribution in [1.29, 1.82) is 0 Å². The minimum absolute atomic E-state index is 0.00985. The fraction of sp³-hybridized carbons (Fsp3) is 0.0588. The first-order valence-electron chi connectivity index (χ1n) is 7.27. The zero-order valence-electron chi connectivity index (χ0n) is 13.4. The van der Waals surface area contributed by atoms with Crippen LogP contribution < -0.4 is 5.32 Å². The van der Waals surface area contributed by atoms with Crippen LogP contribution in [0.25, 0.3) is 11.3 Å². The molecule has 0 saturated heterocycles. The molecule has 0 aliphatic heterocycles. The SMILES string of the molecule is CS(=O)(=O)c1ccc(-c2csc(NC(=O)c3c(F)cccc3Cl)n2)cc1. The Morgan fingerprint density at radius 3 is 2.50 bits per heavy atom. The molecule has 26 heavy (non-hydrogen) atoms. The summed E-state index contributed by atoms with van der Waals surface area (Å²) in [5, 5.41) is 4.50. The van der Waals surface area contributed by atoms with E-state index in [-0.39, 0.29) is 20.6 Å². The summed E-state index contributed by atoms with van der Waals surface area (Å²) in [6.45, 7) is 0. The number of amides is 1. The number of carbonyl (C=O) groups is 1. The topological polar surface area (TPSA) is 76.1 Å². The summed E-state index contributed by atoms with van der Waals surface area (Å²) in [5.74, 6) is -1.41. The van der Waals surface area contributed by atoms with Gasteiger partial charge in [-0.05, 0) is 24.3 Å². The van der Waals surface area contributed by atoms with Gasteiger partial charge in [-0.25, -0.2) is 17.8 Å². The van der Waals surface area contributed by atoms with Crippen molar-refractivity contribution >= 4 is 43.8 Å².